The highest BCUT2D eigenvalue weighted by atomic mass is 35.5. The van der Waals surface area contributed by atoms with Crippen molar-refractivity contribution in [1.82, 2.24) is 10.2 Å². The Bertz CT molecular complexity index is 496. The first kappa shape index (κ1) is 14.4. The predicted molar refractivity (Wildman–Crippen MR) is 83.4 cm³/mol. The molecule has 1 amide bonds. The van der Waals surface area contributed by atoms with Crippen molar-refractivity contribution in [2.75, 3.05) is 13.1 Å². The number of carbonyl (C=O) groups excluding carboxylic acids is 1. The largest absolute Gasteiger partial charge is 0.341 e. The van der Waals surface area contributed by atoms with Crippen LogP contribution in [0.2, 0.25) is 4.34 Å². The van der Waals surface area contributed by atoms with Crippen molar-refractivity contribution < 1.29 is 4.79 Å². The molecule has 20 heavy (non-hydrogen) atoms. The lowest BCUT2D eigenvalue weighted by molar-refractivity contribution is -0.134. The lowest BCUT2D eigenvalue weighted by atomic mass is 10.1. The Kier molecular flexibility index (Phi) is 4.34. The van der Waals surface area contributed by atoms with Gasteiger partial charge in [-0.3, -0.25) is 10.1 Å². The quantitative estimate of drug-likeness (QED) is 0.928. The highest BCUT2D eigenvalue weighted by molar-refractivity contribution is 7.16. The molecule has 3 rings (SSSR count). The molecule has 2 aliphatic rings. The molecule has 1 fully saturated rings. The van der Waals surface area contributed by atoms with Gasteiger partial charge in [0.25, 0.3) is 0 Å². The molecule has 2 unspecified atom stereocenters. The molecular formula is C15H21ClN2OS. The van der Waals surface area contributed by atoms with E-state index in [4.69, 9.17) is 11.6 Å². The second kappa shape index (κ2) is 6.04. The number of nitrogens with one attached hydrogen (secondary N) is 1. The van der Waals surface area contributed by atoms with E-state index < -0.39 is 0 Å². The molecule has 1 aromatic rings. The van der Waals surface area contributed by atoms with Gasteiger partial charge >= 0.3 is 0 Å². The van der Waals surface area contributed by atoms with Crippen LogP contribution in [-0.4, -0.2) is 29.9 Å². The van der Waals surface area contributed by atoms with Crippen LogP contribution in [0.15, 0.2) is 6.07 Å². The predicted octanol–water partition coefficient (Wildman–Crippen LogP) is 3.38. The molecule has 3 nitrogen and oxygen atoms in total. The Morgan fingerprint density at radius 3 is 2.95 bits per heavy atom. The fourth-order valence-corrected chi connectivity index (χ4v) is 4.62. The third kappa shape index (κ3) is 2.87. The zero-order valence-corrected chi connectivity index (χ0v) is 13.4. The van der Waals surface area contributed by atoms with E-state index in [-0.39, 0.29) is 18.0 Å². The van der Waals surface area contributed by atoms with Crippen molar-refractivity contribution in [3.05, 3.63) is 20.8 Å². The van der Waals surface area contributed by atoms with E-state index >= 15 is 0 Å². The number of halogens is 1. The maximum Gasteiger partial charge on any atom is 0.239 e. The van der Waals surface area contributed by atoms with Crippen LogP contribution in [0, 0.1) is 0 Å². The number of fused-ring (bicyclic) bond motifs is 1. The van der Waals surface area contributed by atoms with E-state index in [1.165, 1.54) is 16.9 Å². The second-order valence-electron chi connectivity index (χ2n) is 5.79. The van der Waals surface area contributed by atoms with Gasteiger partial charge in [-0.05, 0) is 50.7 Å². The third-order valence-electron chi connectivity index (χ3n) is 4.34. The molecule has 1 aliphatic carbocycles. The van der Waals surface area contributed by atoms with Crippen molar-refractivity contribution in [1.29, 1.82) is 0 Å². The van der Waals surface area contributed by atoms with E-state index in [2.05, 4.69) is 11.4 Å². The monoisotopic (exact) mass is 312 g/mol. The summed E-state index contributed by atoms with van der Waals surface area (Å²) in [6.45, 7) is 3.83. The van der Waals surface area contributed by atoms with E-state index in [0.717, 1.165) is 43.1 Å². The molecular weight excluding hydrogens is 292 g/mol. The number of thiophene rings is 1. The Morgan fingerprint density at radius 2 is 2.20 bits per heavy atom. The zero-order chi connectivity index (χ0) is 14.1. The molecule has 2 atom stereocenters. The van der Waals surface area contributed by atoms with Crippen molar-refractivity contribution in [2.45, 2.75) is 51.1 Å². The summed E-state index contributed by atoms with van der Waals surface area (Å²) in [4.78, 5) is 15.8. The average Bonchev–Trinajstić information content (AvgIpc) is 2.99. The van der Waals surface area contributed by atoms with Crippen molar-refractivity contribution in [3.8, 4) is 0 Å². The van der Waals surface area contributed by atoms with Crippen LogP contribution < -0.4 is 5.32 Å². The van der Waals surface area contributed by atoms with E-state index in [9.17, 15) is 4.79 Å². The van der Waals surface area contributed by atoms with Gasteiger partial charge in [-0.25, -0.2) is 0 Å². The molecule has 0 spiro atoms. The van der Waals surface area contributed by atoms with Gasteiger partial charge in [-0.2, -0.15) is 0 Å². The Balaban J connectivity index is 1.61. The lowest BCUT2D eigenvalue weighted by Crippen LogP contribution is -2.47. The van der Waals surface area contributed by atoms with E-state index in [1.54, 1.807) is 11.3 Å². The zero-order valence-electron chi connectivity index (χ0n) is 11.8. The van der Waals surface area contributed by atoms with E-state index in [0.29, 0.717) is 0 Å². The Labute approximate surface area is 129 Å². The maximum absolute atomic E-state index is 12.4. The van der Waals surface area contributed by atoms with Crippen LogP contribution in [0.4, 0.5) is 0 Å². The minimum atomic E-state index is -0.109. The van der Waals surface area contributed by atoms with Crippen LogP contribution in [0.1, 0.15) is 49.1 Å². The molecule has 110 valence electrons. The van der Waals surface area contributed by atoms with Gasteiger partial charge in [0, 0.05) is 24.0 Å². The normalized spacial score (nSPS) is 23.7. The van der Waals surface area contributed by atoms with Crippen molar-refractivity contribution >= 4 is 28.8 Å². The minimum Gasteiger partial charge on any atom is -0.341 e. The second-order valence-corrected chi connectivity index (χ2v) is 7.56. The van der Waals surface area contributed by atoms with Gasteiger partial charge in [0.05, 0.1) is 10.4 Å². The highest BCUT2D eigenvalue weighted by Crippen LogP contribution is 2.39. The van der Waals surface area contributed by atoms with Crippen LogP contribution in [0.5, 0.6) is 0 Å². The van der Waals surface area contributed by atoms with Gasteiger partial charge in [-0.1, -0.05) is 11.6 Å². The molecule has 0 saturated carbocycles. The molecule has 1 N–H and O–H groups in total. The summed E-state index contributed by atoms with van der Waals surface area (Å²) >= 11 is 7.75. The molecule has 1 aromatic heterocycles. The SMILES string of the molecule is CC(NC1CCc2sc(Cl)cc21)C(=O)N1CCCCC1. The first-order valence-electron chi connectivity index (χ1n) is 7.48. The summed E-state index contributed by atoms with van der Waals surface area (Å²) in [6.07, 6.45) is 5.70. The number of nitrogens with zero attached hydrogens (tertiary/aromatic N) is 1. The van der Waals surface area contributed by atoms with Gasteiger partial charge < -0.3 is 4.90 Å². The number of piperidine rings is 1. The molecule has 1 saturated heterocycles. The smallest absolute Gasteiger partial charge is 0.239 e. The summed E-state index contributed by atoms with van der Waals surface area (Å²) in [5, 5.41) is 3.50. The fourth-order valence-electron chi connectivity index (χ4n) is 3.26. The fraction of sp³-hybridized carbons (Fsp3) is 0.667. The minimum absolute atomic E-state index is 0.109. The topological polar surface area (TPSA) is 32.3 Å². The highest BCUT2D eigenvalue weighted by Gasteiger charge is 2.29. The van der Waals surface area contributed by atoms with Crippen LogP contribution in [0.3, 0.4) is 0 Å². The summed E-state index contributed by atoms with van der Waals surface area (Å²) in [7, 11) is 0. The number of rotatable bonds is 3. The number of aryl methyl sites for hydroxylation is 1. The first-order valence-corrected chi connectivity index (χ1v) is 8.67. The molecule has 5 heteroatoms. The number of hydrogen-bond acceptors (Lipinski definition) is 3. The maximum atomic E-state index is 12.4. The van der Waals surface area contributed by atoms with Crippen molar-refractivity contribution in [2.24, 2.45) is 0 Å². The summed E-state index contributed by atoms with van der Waals surface area (Å²) < 4.78 is 0.858. The van der Waals surface area contributed by atoms with Crippen LogP contribution >= 0.6 is 22.9 Å². The molecule has 1 aliphatic heterocycles. The van der Waals surface area contributed by atoms with Gasteiger partial charge in [0.15, 0.2) is 0 Å². The van der Waals surface area contributed by atoms with Gasteiger partial charge in [-0.15, -0.1) is 11.3 Å². The number of amides is 1. The molecule has 2 heterocycles. The van der Waals surface area contributed by atoms with E-state index in [1.807, 2.05) is 11.8 Å². The van der Waals surface area contributed by atoms with Gasteiger partial charge in [0.2, 0.25) is 5.91 Å². The lowest BCUT2D eigenvalue weighted by Gasteiger charge is -2.30. The number of likely N-dealkylation sites (tertiary alicyclic amines) is 1. The van der Waals surface area contributed by atoms with Crippen LogP contribution in [0.25, 0.3) is 0 Å². The Hall–Kier alpha value is -0.580. The summed E-state index contributed by atoms with van der Waals surface area (Å²) in [6, 6.07) is 2.24. The first-order chi connectivity index (χ1) is 9.65. The third-order valence-corrected chi connectivity index (χ3v) is 5.68. The van der Waals surface area contributed by atoms with Crippen molar-refractivity contribution in [3.63, 3.8) is 0 Å². The molecule has 0 radical (unpaired) electrons. The number of carbonyl (C=O) groups is 1. The summed E-state index contributed by atoms with van der Waals surface area (Å²) in [5.74, 6) is 0.250. The van der Waals surface area contributed by atoms with Gasteiger partial charge in [0.1, 0.15) is 0 Å². The average molecular weight is 313 g/mol. The Morgan fingerprint density at radius 1 is 1.45 bits per heavy atom. The summed E-state index contributed by atoms with van der Waals surface area (Å²) in [5.41, 5.74) is 1.30. The number of hydrogen-bond donors (Lipinski definition) is 1. The molecule has 0 aromatic carbocycles. The van der Waals surface area contributed by atoms with Crippen LogP contribution in [-0.2, 0) is 11.2 Å². The molecule has 0 bridgehead atoms. The standard InChI is InChI=1S/C15H21ClN2OS/c1-10(15(19)18-7-3-2-4-8-18)17-12-5-6-13-11(12)9-14(16)20-13/h9-10,12,17H,2-8H2,1H3.